The lowest BCUT2D eigenvalue weighted by atomic mass is 10.2. The Morgan fingerprint density at radius 2 is 2.19 bits per heavy atom. The first-order chi connectivity index (χ1) is 12.5. The van der Waals surface area contributed by atoms with Gasteiger partial charge in [-0.25, -0.2) is 4.68 Å². The average Bonchev–Trinajstić information content (AvgIpc) is 3.25. The maximum Gasteiger partial charge on any atom is 0.237 e. The minimum atomic E-state index is -0.448. The molecule has 2 aromatic heterocycles. The van der Waals surface area contributed by atoms with Crippen molar-refractivity contribution < 1.29 is 13.9 Å². The Balaban J connectivity index is 1.71. The summed E-state index contributed by atoms with van der Waals surface area (Å²) in [6, 6.07) is 9.06. The quantitative estimate of drug-likeness (QED) is 0.505. The number of hydrogen-bond donors (Lipinski definition) is 2. The Hall–Kier alpha value is -2.94. The number of rotatable bonds is 6. The molecule has 0 saturated carbocycles. The summed E-state index contributed by atoms with van der Waals surface area (Å²) in [5, 5.41) is 10.9. The lowest BCUT2D eigenvalue weighted by Crippen LogP contribution is -2.24. The number of methoxy groups -OCH3 is 1. The van der Waals surface area contributed by atoms with Gasteiger partial charge in [0, 0.05) is 0 Å². The number of carbonyl (C=O) groups excluding carboxylic acids is 1. The first kappa shape index (κ1) is 17.9. The number of thioether (sulfide) groups is 1. The normalized spacial score (nSPS) is 12.0. The molecule has 0 bridgehead atoms. The summed E-state index contributed by atoms with van der Waals surface area (Å²) in [4.78, 5) is 12.5. The molecule has 8 nitrogen and oxygen atoms in total. The zero-order valence-electron chi connectivity index (χ0n) is 14.6. The van der Waals surface area contributed by atoms with E-state index in [1.807, 2.05) is 25.1 Å². The topological polar surface area (TPSA) is 108 Å². The SMILES string of the molecule is COc1ccc(C)cc1NC(=O)[C@H](C)Sc1nnc(-c2ccco2)n1N. The Labute approximate surface area is 154 Å². The van der Waals surface area contributed by atoms with Gasteiger partial charge in [-0.15, -0.1) is 10.2 Å². The fourth-order valence-electron chi connectivity index (χ4n) is 2.30. The van der Waals surface area contributed by atoms with Gasteiger partial charge in [-0.3, -0.25) is 4.79 Å². The molecule has 3 N–H and O–H groups in total. The minimum Gasteiger partial charge on any atom is -0.495 e. The van der Waals surface area contributed by atoms with E-state index in [1.54, 1.807) is 26.2 Å². The molecule has 0 saturated heterocycles. The van der Waals surface area contributed by atoms with E-state index in [-0.39, 0.29) is 5.91 Å². The number of anilines is 1. The van der Waals surface area contributed by atoms with E-state index in [0.717, 1.165) is 5.56 Å². The van der Waals surface area contributed by atoms with Gasteiger partial charge in [-0.1, -0.05) is 17.8 Å². The second kappa shape index (κ2) is 7.52. The van der Waals surface area contributed by atoms with Crippen LogP contribution < -0.4 is 15.9 Å². The highest BCUT2D eigenvalue weighted by atomic mass is 32.2. The van der Waals surface area contributed by atoms with Gasteiger partial charge < -0.3 is 20.3 Å². The molecule has 136 valence electrons. The summed E-state index contributed by atoms with van der Waals surface area (Å²) < 4.78 is 11.9. The van der Waals surface area contributed by atoms with Crippen molar-refractivity contribution in [3.63, 3.8) is 0 Å². The predicted molar refractivity (Wildman–Crippen MR) is 99.6 cm³/mol. The zero-order chi connectivity index (χ0) is 18.7. The second-order valence-electron chi connectivity index (χ2n) is 5.61. The number of nitrogens with two attached hydrogens (primary N) is 1. The molecule has 1 amide bonds. The Kier molecular flexibility index (Phi) is 5.17. The number of hydrogen-bond acceptors (Lipinski definition) is 7. The number of nitrogen functional groups attached to an aromatic ring is 1. The van der Waals surface area contributed by atoms with Crippen molar-refractivity contribution in [2.75, 3.05) is 18.3 Å². The highest BCUT2D eigenvalue weighted by Crippen LogP contribution is 2.28. The molecule has 0 spiro atoms. The van der Waals surface area contributed by atoms with E-state index in [0.29, 0.717) is 28.2 Å². The monoisotopic (exact) mass is 373 g/mol. The molecule has 0 radical (unpaired) electrons. The highest BCUT2D eigenvalue weighted by molar-refractivity contribution is 8.00. The number of carbonyl (C=O) groups is 1. The molecule has 1 atom stereocenters. The van der Waals surface area contributed by atoms with Crippen LogP contribution in [0.2, 0.25) is 0 Å². The van der Waals surface area contributed by atoms with Crippen molar-refractivity contribution in [1.82, 2.24) is 14.9 Å². The summed E-state index contributed by atoms with van der Waals surface area (Å²) in [7, 11) is 1.56. The van der Waals surface area contributed by atoms with E-state index in [1.165, 1.54) is 22.7 Å². The van der Waals surface area contributed by atoms with Crippen LogP contribution in [0.5, 0.6) is 5.75 Å². The van der Waals surface area contributed by atoms with Crippen molar-refractivity contribution in [2.24, 2.45) is 0 Å². The van der Waals surface area contributed by atoms with E-state index in [4.69, 9.17) is 15.0 Å². The molecule has 0 aliphatic carbocycles. The molecule has 0 unspecified atom stereocenters. The van der Waals surface area contributed by atoms with E-state index in [2.05, 4.69) is 15.5 Å². The van der Waals surface area contributed by atoms with Crippen LogP contribution in [0, 0.1) is 6.92 Å². The third-order valence-electron chi connectivity index (χ3n) is 3.67. The first-order valence-corrected chi connectivity index (χ1v) is 8.74. The molecule has 0 fully saturated rings. The molecule has 26 heavy (non-hydrogen) atoms. The number of nitrogens with zero attached hydrogens (tertiary/aromatic N) is 3. The number of amides is 1. The largest absolute Gasteiger partial charge is 0.495 e. The summed E-state index contributed by atoms with van der Waals surface area (Å²) in [5.74, 6) is 7.33. The zero-order valence-corrected chi connectivity index (χ0v) is 15.4. The molecule has 0 aliphatic heterocycles. The van der Waals surface area contributed by atoms with Crippen LogP contribution in [-0.2, 0) is 4.79 Å². The number of furan rings is 1. The Bertz CT molecular complexity index is 907. The van der Waals surface area contributed by atoms with Gasteiger partial charge >= 0.3 is 0 Å². The molecular formula is C17H19N5O3S. The summed E-state index contributed by atoms with van der Waals surface area (Å²) in [5.41, 5.74) is 1.64. The maximum atomic E-state index is 12.5. The highest BCUT2D eigenvalue weighted by Gasteiger charge is 2.21. The van der Waals surface area contributed by atoms with Crippen LogP contribution in [0.4, 0.5) is 5.69 Å². The third kappa shape index (κ3) is 3.67. The van der Waals surface area contributed by atoms with E-state index >= 15 is 0 Å². The van der Waals surface area contributed by atoms with Crippen molar-refractivity contribution >= 4 is 23.4 Å². The lowest BCUT2D eigenvalue weighted by molar-refractivity contribution is -0.115. The van der Waals surface area contributed by atoms with Crippen LogP contribution in [0.3, 0.4) is 0 Å². The number of ether oxygens (including phenoxy) is 1. The predicted octanol–water partition coefficient (Wildman–Crippen LogP) is 2.69. The molecule has 3 rings (SSSR count). The Morgan fingerprint density at radius 1 is 1.38 bits per heavy atom. The van der Waals surface area contributed by atoms with Gasteiger partial charge in [-0.2, -0.15) is 0 Å². The fourth-order valence-corrected chi connectivity index (χ4v) is 3.07. The lowest BCUT2D eigenvalue weighted by Gasteiger charge is -2.14. The molecule has 2 heterocycles. The van der Waals surface area contributed by atoms with Crippen LogP contribution in [0.1, 0.15) is 12.5 Å². The minimum absolute atomic E-state index is 0.193. The van der Waals surface area contributed by atoms with Gasteiger partial charge in [0.25, 0.3) is 0 Å². The summed E-state index contributed by atoms with van der Waals surface area (Å²) >= 11 is 1.20. The van der Waals surface area contributed by atoms with Gasteiger partial charge in [0.1, 0.15) is 5.75 Å². The number of benzene rings is 1. The van der Waals surface area contributed by atoms with Crippen molar-refractivity contribution in [1.29, 1.82) is 0 Å². The second-order valence-corrected chi connectivity index (χ2v) is 6.91. The standard InChI is InChI=1S/C17H19N5O3S/c1-10-6-7-13(24-3)12(9-10)19-16(23)11(2)26-17-21-20-15(22(17)18)14-5-4-8-25-14/h4-9,11H,18H2,1-3H3,(H,19,23)/t11-/m0/s1. The van der Waals surface area contributed by atoms with Crippen molar-refractivity contribution in [2.45, 2.75) is 24.3 Å². The van der Waals surface area contributed by atoms with Crippen LogP contribution >= 0.6 is 11.8 Å². The van der Waals surface area contributed by atoms with Crippen LogP contribution in [-0.4, -0.2) is 33.1 Å². The van der Waals surface area contributed by atoms with E-state index < -0.39 is 5.25 Å². The maximum absolute atomic E-state index is 12.5. The van der Waals surface area contributed by atoms with Gasteiger partial charge in [0.2, 0.25) is 16.9 Å². The summed E-state index contributed by atoms with van der Waals surface area (Å²) in [6.45, 7) is 3.71. The average molecular weight is 373 g/mol. The summed E-state index contributed by atoms with van der Waals surface area (Å²) in [6.07, 6.45) is 1.53. The molecule has 9 heteroatoms. The van der Waals surface area contributed by atoms with Gasteiger partial charge in [0.05, 0.1) is 24.3 Å². The Morgan fingerprint density at radius 3 is 2.88 bits per heavy atom. The fraction of sp³-hybridized carbons (Fsp3) is 0.235. The molecule has 0 aliphatic rings. The number of aromatic nitrogens is 3. The van der Waals surface area contributed by atoms with Crippen molar-refractivity contribution in [3.05, 3.63) is 42.2 Å². The van der Waals surface area contributed by atoms with Crippen LogP contribution in [0.15, 0.2) is 46.2 Å². The molecule has 3 aromatic rings. The van der Waals surface area contributed by atoms with E-state index in [9.17, 15) is 4.79 Å². The van der Waals surface area contributed by atoms with Crippen LogP contribution in [0.25, 0.3) is 11.6 Å². The third-order valence-corrected chi connectivity index (χ3v) is 4.73. The van der Waals surface area contributed by atoms with Crippen molar-refractivity contribution in [3.8, 4) is 17.3 Å². The van der Waals surface area contributed by atoms with Gasteiger partial charge in [-0.05, 0) is 43.7 Å². The number of aryl methyl sites for hydroxylation is 1. The smallest absolute Gasteiger partial charge is 0.237 e. The van der Waals surface area contributed by atoms with Gasteiger partial charge in [0.15, 0.2) is 5.76 Å². The molecule has 1 aromatic carbocycles. The first-order valence-electron chi connectivity index (χ1n) is 7.86. The number of nitrogens with one attached hydrogen (secondary N) is 1. The molecular weight excluding hydrogens is 354 g/mol.